The summed E-state index contributed by atoms with van der Waals surface area (Å²) in [6.45, 7) is 9.78. The van der Waals surface area contributed by atoms with Crippen LogP contribution in [0.1, 0.15) is 45.3 Å². The molecule has 0 aliphatic heterocycles. The van der Waals surface area contributed by atoms with E-state index in [1.807, 2.05) is 26.0 Å². The molecule has 6 nitrogen and oxygen atoms in total. The van der Waals surface area contributed by atoms with Gasteiger partial charge in [-0.2, -0.15) is 0 Å². The molecule has 0 radical (unpaired) electrons. The molecule has 1 aromatic heterocycles. The van der Waals surface area contributed by atoms with Gasteiger partial charge in [-0.1, -0.05) is 0 Å². The van der Waals surface area contributed by atoms with Gasteiger partial charge in [0, 0.05) is 52.5 Å². The molecule has 0 unspecified atom stereocenters. The molecule has 1 heterocycles. The minimum atomic E-state index is 0. The quantitative estimate of drug-likeness (QED) is 0.179. The van der Waals surface area contributed by atoms with Crippen LogP contribution in [0.3, 0.4) is 0 Å². The van der Waals surface area contributed by atoms with Crippen LogP contribution in [-0.4, -0.2) is 52.0 Å². The summed E-state index contributed by atoms with van der Waals surface area (Å²) in [5.74, 6) is 1.87. The van der Waals surface area contributed by atoms with Crippen molar-refractivity contribution in [1.29, 1.82) is 0 Å². The Hall–Kier alpha value is -0.800. The molecule has 0 aromatic carbocycles. The third kappa shape index (κ3) is 10.4. The predicted molar refractivity (Wildman–Crippen MR) is 120 cm³/mol. The fraction of sp³-hybridized carbons (Fsp3) is 0.750. The van der Waals surface area contributed by atoms with E-state index in [1.54, 1.807) is 6.26 Å². The average molecular weight is 493 g/mol. The van der Waals surface area contributed by atoms with Crippen molar-refractivity contribution in [1.82, 2.24) is 10.6 Å². The molecular formula is C20H36IN3O3. The molecule has 0 saturated heterocycles. The van der Waals surface area contributed by atoms with Crippen molar-refractivity contribution >= 4 is 29.9 Å². The van der Waals surface area contributed by atoms with Crippen LogP contribution in [0, 0.1) is 5.41 Å². The van der Waals surface area contributed by atoms with E-state index < -0.39 is 0 Å². The van der Waals surface area contributed by atoms with Crippen LogP contribution in [-0.2, 0) is 15.9 Å². The Bertz CT molecular complexity index is 505. The molecule has 7 heteroatoms. The van der Waals surface area contributed by atoms with E-state index in [-0.39, 0.29) is 24.0 Å². The number of hydrogen-bond donors (Lipinski definition) is 2. The number of guanidine groups is 1. The molecule has 1 aliphatic rings. The Labute approximate surface area is 180 Å². The molecule has 2 N–H and O–H groups in total. The molecule has 0 spiro atoms. The molecule has 0 atom stereocenters. The van der Waals surface area contributed by atoms with Crippen molar-refractivity contribution in [3.05, 3.63) is 24.2 Å². The first-order valence-corrected chi connectivity index (χ1v) is 9.98. The summed E-state index contributed by atoms with van der Waals surface area (Å²) >= 11 is 0. The Morgan fingerprint density at radius 2 is 1.89 bits per heavy atom. The fourth-order valence-corrected chi connectivity index (χ4v) is 2.80. The maximum Gasteiger partial charge on any atom is 0.191 e. The number of rotatable bonds is 14. The fourth-order valence-electron chi connectivity index (χ4n) is 2.80. The van der Waals surface area contributed by atoms with Gasteiger partial charge in [0.05, 0.1) is 6.26 Å². The number of hydrogen-bond acceptors (Lipinski definition) is 4. The summed E-state index contributed by atoms with van der Waals surface area (Å²) in [5, 5.41) is 6.85. The second-order valence-electron chi connectivity index (χ2n) is 6.85. The van der Waals surface area contributed by atoms with Crippen molar-refractivity contribution in [2.45, 2.75) is 46.0 Å². The van der Waals surface area contributed by atoms with Crippen molar-refractivity contribution in [3.8, 4) is 0 Å². The van der Waals surface area contributed by atoms with Crippen LogP contribution >= 0.6 is 24.0 Å². The van der Waals surface area contributed by atoms with E-state index >= 15 is 0 Å². The smallest absolute Gasteiger partial charge is 0.191 e. The van der Waals surface area contributed by atoms with Crippen LogP contribution in [0.5, 0.6) is 0 Å². The second kappa shape index (κ2) is 14.2. The Morgan fingerprint density at radius 1 is 1.15 bits per heavy atom. The van der Waals surface area contributed by atoms with Crippen LogP contribution in [0.2, 0.25) is 0 Å². The number of nitrogens with zero attached hydrogens (tertiary/aromatic N) is 1. The number of furan rings is 1. The van der Waals surface area contributed by atoms with Crippen molar-refractivity contribution in [2.75, 3.05) is 46.1 Å². The number of nitrogens with one attached hydrogen (secondary N) is 2. The van der Waals surface area contributed by atoms with Gasteiger partial charge in [-0.3, -0.25) is 4.99 Å². The zero-order chi connectivity index (χ0) is 18.5. The highest BCUT2D eigenvalue weighted by molar-refractivity contribution is 14.0. The highest BCUT2D eigenvalue weighted by atomic mass is 127. The number of aliphatic imine (C=N–C) groups is 1. The zero-order valence-corrected chi connectivity index (χ0v) is 19.1. The number of halogens is 1. The molecule has 2 rings (SSSR count). The van der Waals surface area contributed by atoms with Gasteiger partial charge < -0.3 is 24.5 Å². The van der Waals surface area contributed by atoms with Gasteiger partial charge in [0.25, 0.3) is 0 Å². The van der Waals surface area contributed by atoms with Gasteiger partial charge in [0.15, 0.2) is 5.96 Å². The van der Waals surface area contributed by atoms with Crippen molar-refractivity contribution in [3.63, 3.8) is 0 Å². The van der Waals surface area contributed by atoms with Crippen LogP contribution in [0.4, 0.5) is 0 Å². The van der Waals surface area contributed by atoms with E-state index in [1.165, 1.54) is 12.8 Å². The Balaban J connectivity index is 0.00000364. The first-order valence-electron chi connectivity index (χ1n) is 9.98. The van der Waals surface area contributed by atoms with E-state index in [4.69, 9.17) is 18.9 Å². The standard InChI is InChI=1S/C20H35N3O3.HI/c1-3-24-14-6-12-21-19(22-13-8-18-7-5-15-26-18)23-17-20(9-10-20)11-16-25-4-2;/h5,7,15H,3-4,6,8-14,16-17H2,1-2H3,(H2,21,22,23);1H. The van der Waals surface area contributed by atoms with Crippen molar-refractivity contribution in [2.24, 2.45) is 10.4 Å². The normalized spacial score (nSPS) is 15.3. The minimum absolute atomic E-state index is 0. The molecule has 156 valence electrons. The SMILES string of the molecule is CCOCCCNC(=NCC1(CCOCC)CC1)NCCc1ccco1.I. The maximum atomic E-state index is 5.52. The van der Waals surface area contributed by atoms with E-state index in [2.05, 4.69) is 10.6 Å². The first kappa shape index (κ1) is 24.2. The maximum absolute atomic E-state index is 5.52. The average Bonchev–Trinajstić information content (AvgIpc) is 3.22. The van der Waals surface area contributed by atoms with Crippen LogP contribution < -0.4 is 10.6 Å². The van der Waals surface area contributed by atoms with Crippen LogP contribution in [0.15, 0.2) is 27.8 Å². The predicted octanol–water partition coefficient (Wildman–Crippen LogP) is 3.61. The zero-order valence-electron chi connectivity index (χ0n) is 16.8. The van der Waals surface area contributed by atoms with Gasteiger partial charge in [-0.25, -0.2) is 0 Å². The summed E-state index contributed by atoms with van der Waals surface area (Å²) in [5.41, 5.74) is 0.357. The molecule has 27 heavy (non-hydrogen) atoms. The van der Waals surface area contributed by atoms with E-state index in [0.717, 1.165) is 77.0 Å². The summed E-state index contributed by atoms with van der Waals surface area (Å²) in [7, 11) is 0. The van der Waals surface area contributed by atoms with Gasteiger partial charge in [0.2, 0.25) is 0 Å². The van der Waals surface area contributed by atoms with Gasteiger partial charge in [-0.15, -0.1) is 24.0 Å². The largest absolute Gasteiger partial charge is 0.469 e. The second-order valence-corrected chi connectivity index (χ2v) is 6.85. The molecule has 1 aromatic rings. The lowest BCUT2D eigenvalue weighted by Gasteiger charge is -2.16. The molecular weight excluding hydrogens is 457 g/mol. The first-order chi connectivity index (χ1) is 12.8. The lowest BCUT2D eigenvalue weighted by molar-refractivity contribution is 0.129. The summed E-state index contributed by atoms with van der Waals surface area (Å²) in [6, 6.07) is 3.92. The lowest BCUT2D eigenvalue weighted by atomic mass is 10.0. The van der Waals surface area contributed by atoms with Crippen molar-refractivity contribution < 1.29 is 13.9 Å². The molecule has 1 fully saturated rings. The summed E-state index contributed by atoms with van der Waals surface area (Å²) in [4.78, 5) is 4.84. The lowest BCUT2D eigenvalue weighted by Crippen LogP contribution is -2.39. The minimum Gasteiger partial charge on any atom is -0.469 e. The monoisotopic (exact) mass is 493 g/mol. The van der Waals surface area contributed by atoms with Gasteiger partial charge in [0.1, 0.15) is 5.76 Å². The highest BCUT2D eigenvalue weighted by Gasteiger charge is 2.41. The third-order valence-corrected chi connectivity index (χ3v) is 4.72. The molecule has 0 bridgehead atoms. The van der Waals surface area contributed by atoms with Crippen LogP contribution in [0.25, 0.3) is 0 Å². The molecule has 0 amide bonds. The summed E-state index contributed by atoms with van der Waals surface area (Å²) < 4.78 is 16.3. The van der Waals surface area contributed by atoms with Gasteiger partial charge >= 0.3 is 0 Å². The Kier molecular flexibility index (Phi) is 12.8. The number of ether oxygens (including phenoxy) is 2. The third-order valence-electron chi connectivity index (χ3n) is 4.72. The van der Waals surface area contributed by atoms with E-state index in [9.17, 15) is 0 Å². The van der Waals surface area contributed by atoms with E-state index in [0.29, 0.717) is 5.41 Å². The van der Waals surface area contributed by atoms with Gasteiger partial charge in [-0.05, 0) is 57.1 Å². The highest BCUT2D eigenvalue weighted by Crippen LogP contribution is 2.48. The topological polar surface area (TPSA) is 68.0 Å². The summed E-state index contributed by atoms with van der Waals surface area (Å²) in [6.07, 6.45) is 7.16. The Morgan fingerprint density at radius 3 is 2.56 bits per heavy atom. The molecule has 1 saturated carbocycles. The molecule has 1 aliphatic carbocycles.